The Morgan fingerprint density at radius 2 is 2.06 bits per heavy atom. The van der Waals surface area contributed by atoms with Crippen LogP contribution < -0.4 is 19.9 Å². The molecule has 4 aromatic rings. The molecule has 0 N–H and O–H groups in total. The quantitative estimate of drug-likeness (QED) is 0.452. The van der Waals surface area contributed by atoms with E-state index in [-0.39, 0.29) is 24.3 Å². The molecule has 6 rings (SSSR count). The van der Waals surface area contributed by atoms with Crippen molar-refractivity contribution < 1.29 is 14.2 Å². The van der Waals surface area contributed by atoms with E-state index in [1.807, 2.05) is 24.3 Å². The zero-order chi connectivity index (χ0) is 23.8. The number of pyridine rings is 2. The maximum absolute atomic E-state index is 12.7. The summed E-state index contributed by atoms with van der Waals surface area (Å²) in [6.07, 6.45) is 3.71. The molecule has 0 saturated heterocycles. The highest BCUT2D eigenvalue weighted by molar-refractivity contribution is 5.73. The maximum Gasteiger partial charge on any atom is 0.351 e. The first-order valence-electron chi connectivity index (χ1n) is 11.2. The normalized spacial score (nSPS) is 15.5. The van der Waals surface area contributed by atoms with Crippen molar-refractivity contribution in [1.29, 1.82) is 5.26 Å². The largest absolute Gasteiger partial charge is 0.478 e. The summed E-state index contributed by atoms with van der Waals surface area (Å²) in [7, 11) is 0. The van der Waals surface area contributed by atoms with Gasteiger partial charge in [0.2, 0.25) is 5.88 Å². The van der Waals surface area contributed by atoms with Gasteiger partial charge in [-0.1, -0.05) is 18.2 Å². The summed E-state index contributed by atoms with van der Waals surface area (Å²) in [6.45, 7) is 1.01. The minimum Gasteiger partial charge on any atom is -0.478 e. The Morgan fingerprint density at radius 3 is 2.91 bits per heavy atom. The van der Waals surface area contributed by atoms with Crippen molar-refractivity contribution in [2.45, 2.75) is 19.1 Å². The third kappa shape index (κ3) is 3.95. The average Bonchev–Trinajstić information content (AvgIpc) is 2.91. The second-order valence-corrected chi connectivity index (χ2v) is 8.25. The fourth-order valence-corrected chi connectivity index (χ4v) is 4.31. The maximum atomic E-state index is 12.7. The minimum atomic E-state index is -0.348. The number of hydrogen-bond donors (Lipinski definition) is 0. The van der Waals surface area contributed by atoms with Crippen LogP contribution >= 0.6 is 0 Å². The van der Waals surface area contributed by atoms with Gasteiger partial charge in [-0.3, -0.25) is 4.57 Å². The summed E-state index contributed by atoms with van der Waals surface area (Å²) in [5, 5.41) is 8.97. The van der Waals surface area contributed by atoms with Gasteiger partial charge in [0.25, 0.3) is 5.88 Å². The molecule has 0 bridgehead atoms. The van der Waals surface area contributed by atoms with Crippen molar-refractivity contribution in [3.8, 4) is 46.0 Å². The van der Waals surface area contributed by atoms with Crippen molar-refractivity contribution >= 4 is 0 Å². The summed E-state index contributed by atoms with van der Waals surface area (Å²) < 4.78 is 19.0. The van der Waals surface area contributed by atoms with Crippen LogP contribution in [0.1, 0.15) is 11.3 Å². The summed E-state index contributed by atoms with van der Waals surface area (Å²) in [5.41, 5.74) is 4.82. The zero-order valence-corrected chi connectivity index (χ0v) is 18.5. The van der Waals surface area contributed by atoms with Gasteiger partial charge in [-0.15, -0.1) is 0 Å². The highest BCUT2D eigenvalue weighted by Crippen LogP contribution is 2.33. The van der Waals surface area contributed by atoms with Gasteiger partial charge in [0.1, 0.15) is 25.0 Å². The molecule has 0 amide bonds. The van der Waals surface area contributed by atoms with Crippen molar-refractivity contribution in [3.63, 3.8) is 0 Å². The lowest BCUT2D eigenvalue weighted by molar-refractivity contribution is 0.0486. The van der Waals surface area contributed by atoms with E-state index in [9.17, 15) is 4.79 Å². The molecule has 0 spiro atoms. The molecule has 0 saturated carbocycles. The van der Waals surface area contributed by atoms with Crippen LogP contribution in [0.5, 0.6) is 17.5 Å². The van der Waals surface area contributed by atoms with E-state index in [0.29, 0.717) is 36.9 Å². The molecule has 5 heterocycles. The molecule has 2 aliphatic rings. The van der Waals surface area contributed by atoms with E-state index in [0.717, 1.165) is 27.9 Å². The fourth-order valence-electron chi connectivity index (χ4n) is 4.31. The second kappa shape index (κ2) is 8.57. The summed E-state index contributed by atoms with van der Waals surface area (Å²) in [6, 6.07) is 17.1. The predicted octanol–water partition coefficient (Wildman–Crippen LogP) is 3.01. The Labute approximate surface area is 200 Å². The van der Waals surface area contributed by atoms with Gasteiger partial charge in [-0.05, 0) is 41.8 Å². The number of aryl methyl sites for hydroxylation is 1. The molecular weight excluding hydrogens is 446 g/mol. The molecule has 0 aliphatic carbocycles. The van der Waals surface area contributed by atoms with E-state index >= 15 is 0 Å². The van der Waals surface area contributed by atoms with Gasteiger partial charge < -0.3 is 14.2 Å². The number of nitrogens with zero attached hydrogens (tertiary/aromatic N) is 5. The molecule has 0 radical (unpaired) electrons. The van der Waals surface area contributed by atoms with Gasteiger partial charge in [0, 0.05) is 36.1 Å². The predicted molar refractivity (Wildman–Crippen MR) is 125 cm³/mol. The molecule has 3 aromatic heterocycles. The Kier molecular flexibility index (Phi) is 5.11. The van der Waals surface area contributed by atoms with Gasteiger partial charge in [0.05, 0.1) is 5.69 Å². The molecular formula is C26H19N5O4. The van der Waals surface area contributed by atoms with Crippen LogP contribution in [0.25, 0.3) is 22.4 Å². The lowest BCUT2D eigenvalue weighted by atomic mass is 9.93. The number of hydrogen-bond acceptors (Lipinski definition) is 8. The second-order valence-electron chi connectivity index (χ2n) is 8.25. The van der Waals surface area contributed by atoms with E-state index < -0.39 is 0 Å². The third-order valence-electron chi connectivity index (χ3n) is 6.04. The summed E-state index contributed by atoms with van der Waals surface area (Å²) in [4.78, 5) is 25.1. The lowest BCUT2D eigenvalue weighted by Crippen LogP contribution is -2.35. The van der Waals surface area contributed by atoms with Gasteiger partial charge in [-0.2, -0.15) is 10.2 Å². The average molecular weight is 465 g/mol. The van der Waals surface area contributed by atoms with Crippen LogP contribution in [-0.2, 0) is 13.0 Å². The number of ether oxygens (including phenoxy) is 3. The van der Waals surface area contributed by atoms with Crippen LogP contribution in [0.3, 0.4) is 0 Å². The molecule has 9 heteroatoms. The SMILES string of the molecule is N#Cc1ccc(-c2ccc3c(c2)CCn2c-3cc(OCC3COc4ncccc4O3)nc2=O)cn1. The number of nitriles is 1. The van der Waals surface area contributed by atoms with E-state index in [1.165, 1.54) is 0 Å². The Hall–Kier alpha value is -4.71. The topological polar surface area (TPSA) is 112 Å². The monoisotopic (exact) mass is 465 g/mol. The number of aromatic nitrogens is 4. The van der Waals surface area contributed by atoms with Gasteiger partial charge in [-0.25, -0.2) is 14.8 Å². The lowest BCUT2D eigenvalue weighted by Gasteiger charge is -2.26. The summed E-state index contributed by atoms with van der Waals surface area (Å²) in [5.74, 6) is 1.27. The molecule has 1 aromatic carbocycles. The highest BCUT2D eigenvalue weighted by atomic mass is 16.6. The molecule has 1 unspecified atom stereocenters. The Morgan fingerprint density at radius 1 is 1.14 bits per heavy atom. The first kappa shape index (κ1) is 20.9. The number of fused-ring (bicyclic) bond motifs is 4. The van der Waals surface area contributed by atoms with Crippen LogP contribution in [0, 0.1) is 11.3 Å². The molecule has 1 atom stereocenters. The van der Waals surface area contributed by atoms with Gasteiger partial charge >= 0.3 is 5.69 Å². The Balaban J connectivity index is 1.24. The van der Waals surface area contributed by atoms with Crippen molar-refractivity contribution in [2.24, 2.45) is 0 Å². The molecule has 9 nitrogen and oxygen atoms in total. The number of rotatable bonds is 4. The van der Waals surface area contributed by atoms with E-state index in [1.54, 1.807) is 41.2 Å². The summed E-state index contributed by atoms with van der Waals surface area (Å²) >= 11 is 0. The molecule has 172 valence electrons. The van der Waals surface area contributed by atoms with E-state index in [4.69, 9.17) is 19.5 Å². The third-order valence-corrected chi connectivity index (χ3v) is 6.04. The molecule has 35 heavy (non-hydrogen) atoms. The zero-order valence-electron chi connectivity index (χ0n) is 18.5. The smallest absolute Gasteiger partial charge is 0.351 e. The first-order valence-corrected chi connectivity index (χ1v) is 11.2. The van der Waals surface area contributed by atoms with E-state index in [2.05, 4.69) is 21.0 Å². The highest BCUT2D eigenvalue weighted by Gasteiger charge is 2.24. The standard InChI is InChI=1S/C26H19N5O4/c27-12-19-5-3-18(13-29-19)16-4-6-21-17(10-16)7-9-31-22(21)11-24(30-26(31)32)33-14-20-15-34-25-23(35-20)2-1-8-28-25/h1-6,8,10-11,13,20H,7,9,14-15H2. The van der Waals surface area contributed by atoms with Crippen LogP contribution in [0.2, 0.25) is 0 Å². The van der Waals surface area contributed by atoms with Crippen molar-refractivity contribution in [2.75, 3.05) is 13.2 Å². The van der Waals surface area contributed by atoms with Crippen molar-refractivity contribution in [1.82, 2.24) is 19.5 Å². The first-order chi connectivity index (χ1) is 17.2. The molecule has 2 aliphatic heterocycles. The molecule has 0 fully saturated rings. The fraction of sp³-hybridized carbons (Fsp3) is 0.192. The van der Waals surface area contributed by atoms with Gasteiger partial charge in [0.15, 0.2) is 11.9 Å². The Bertz CT molecular complexity index is 1520. The van der Waals surface area contributed by atoms with Crippen LogP contribution in [0.4, 0.5) is 0 Å². The minimum absolute atomic E-state index is 0.182. The van der Waals surface area contributed by atoms with Crippen LogP contribution in [-0.4, -0.2) is 38.8 Å². The van der Waals surface area contributed by atoms with Crippen molar-refractivity contribution in [3.05, 3.63) is 82.7 Å². The van der Waals surface area contributed by atoms with Crippen LogP contribution in [0.15, 0.2) is 65.7 Å². The number of benzene rings is 1.